The Labute approximate surface area is 144 Å². The summed E-state index contributed by atoms with van der Waals surface area (Å²) in [6, 6.07) is 4.38. The van der Waals surface area contributed by atoms with Crippen LogP contribution in [-0.2, 0) is 0 Å². The second-order valence-electron chi connectivity index (χ2n) is 6.65. The maximum atomic E-state index is 6.99. The summed E-state index contributed by atoms with van der Waals surface area (Å²) in [5, 5.41) is 0.0960. The van der Waals surface area contributed by atoms with E-state index >= 15 is 0 Å². The zero-order valence-corrected chi connectivity index (χ0v) is 16.4. The molecule has 0 saturated heterocycles. The lowest BCUT2D eigenvalue weighted by molar-refractivity contribution is 0.223. The molecule has 0 N–H and O–H groups in total. The summed E-state index contributed by atoms with van der Waals surface area (Å²) >= 11 is 14.4. The first-order valence-electron chi connectivity index (χ1n) is 7.45. The quantitative estimate of drug-likeness (QED) is 0.443. The van der Waals surface area contributed by atoms with Crippen molar-refractivity contribution in [3.63, 3.8) is 0 Å². The highest BCUT2D eigenvalue weighted by molar-refractivity contribution is 9.11. The Hall–Kier alpha value is 0.470. The molecular formula is C17H23Br2Cl. The number of hydrogen-bond acceptors (Lipinski definition) is 0. The summed E-state index contributed by atoms with van der Waals surface area (Å²) in [4.78, 5) is 0. The fraction of sp³-hybridized carbons (Fsp3) is 0.647. The third-order valence-electron chi connectivity index (χ3n) is 4.50. The first-order chi connectivity index (χ1) is 9.35. The van der Waals surface area contributed by atoms with Crippen molar-refractivity contribution in [1.82, 2.24) is 0 Å². The van der Waals surface area contributed by atoms with Crippen LogP contribution in [0.25, 0.3) is 0 Å². The van der Waals surface area contributed by atoms with E-state index in [1.807, 2.05) is 0 Å². The number of halogens is 3. The maximum absolute atomic E-state index is 6.99. The topological polar surface area (TPSA) is 0 Å². The van der Waals surface area contributed by atoms with Crippen LogP contribution >= 0.6 is 43.5 Å². The average molecular weight is 423 g/mol. The largest absolute Gasteiger partial charge is 0.117 e. The monoisotopic (exact) mass is 420 g/mol. The van der Waals surface area contributed by atoms with Crippen LogP contribution < -0.4 is 0 Å². The van der Waals surface area contributed by atoms with Gasteiger partial charge in [-0.25, -0.2) is 0 Å². The average Bonchev–Trinajstić information content (AvgIpc) is 2.81. The first-order valence-corrected chi connectivity index (χ1v) is 9.47. The molecule has 0 amide bonds. The molecule has 1 aliphatic carbocycles. The third kappa shape index (κ3) is 3.44. The Morgan fingerprint density at radius 1 is 1.15 bits per heavy atom. The second-order valence-corrected chi connectivity index (χ2v) is 8.80. The maximum Gasteiger partial charge on any atom is 0.0652 e. The Bertz CT molecular complexity index is 476. The third-order valence-corrected chi connectivity index (χ3v) is 6.74. The van der Waals surface area contributed by atoms with Crippen LogP contribution in [0.15, 0.2) is 21.1 Å². The molecule has 3 heteroatoms. The second kappa shape index (κ2) is 6.71. The predicted octanol–water partition coefficient (Wildman–Crippen LogP) is 7.41. The highest BCUT2D eigenvalue weighted by atomic mass is 79.9. The minimum absolute atomic E-state index is 0.0960. The zero-order valence-electron chi connectivity index (χ0n) is 12.5. The normalized spacial score (nSPS) is 19.6. The molecule has 1 unspecified atom stereocenters. The number of alkyl halides is 1. The summed E-state index contributed by atoms with van der Waals surface area (Å²) in [6.45, 7) is 6.73. The van der Waals surface area contributed by atoms with Gasteiger partial charge in [0.25, 0.3) is 0 Å². The van der Waals surface area contributed by atoms with E-state index in [4.69, 9.17) is 11.6 Å². The van der Waals surface area contributed by atoms with Gasteiger partial charge in [-0.15, -0.1) is 11.6 Å². The highest BCUT2D eigenvalue weighted by Crippen LogP contribution is 2.55. The molecule has 1 aromatic carbocycles. The summed E-state index contributed by atoms with van der Waals surface area (Å²) < 4.78 is 2.30. The molecule has 112 valence electrons. The molecule has 0 spiro atoms. The van der Waals surface area contributed by atoms with E-state index in [0.717, 1.165) is 8.95 Å². The Kier molecular flexibility index (Phi) is 5.64. The summed E-state index contributed by atoms with van der Waals surface area (Å²) in [5.41, 5.74) is 2.76. The molecule has 0 aliphatic heterocycles. The van der Waals surface area contributed by atoms with Crippen molar-refractivity contribution in [1.29, 1.82) is 0 Å². The van der Waals surface area contributed by atoms with Crippen molar-refractivity contribution in [3.05, 3.63) is 32.2 Å². The number of hydrogen-bond donors (Lipinski definition) is 0. The lowest BCUT2D eigenvalue weighted by atomic mass is 9.73. The van der Waals surface area contributed by atoms with Gasteiger partial charge in [0, 0.05) is 8.95 Å². The van der Waals surface area contributed by atoms with Crippen LogP contribution in [0.1, 0.15) is 62.5 Å². The molecule has 20 heavy (non-hydrogen) atoms. The molecule has 1 atom stereocenters. The van der Waals surface area contributed by atoms with Gasteiger partial charge in [-0.2, -0.15) is 0 Å². The lowest BCUT2D eigenvalue weighted by Gasteiger charge is -2.36. The van der Waals surface area contributed by atoms with Crippen molar-refractivity contribution in [3.8, 4) is 0 Å². The summed E-state index contributed by atoms with van der Waals surface area (Å²) in [6.07, 6.45) is 6.38. The van der Waals surface area contributed by atoms with Gasteiger partial charge in [0.05, 0.1) is 5.38 Å². The number of benzene rings is 1. The van der Waals surface area contributed by atoms with E-state index < -0.39 is 0 Å². The highest BCUT2D eigenvalue weighted by Gasteiger charge is 2.42. The Morgan fingerprint density at radius 2 is 1.75 bits per heavy atom. The Morgan fingerprint density at radius 3 is 2.30 bits per heavy atom. The van der Waals surface area contributed by atoms with E-state index in [9.17, 15) is 0 Å². The van der Waals surface area contributed by atoms with Crippen LogP contribution in [0, 0.1) is 18.3 Å². The van der Waals surface area contributed by atoms with Gasteiger partial charge in [0.15, 0.2) is 0 Å². The van der Waals surface area contributed by atoms with Crippen LogP contribution in [0.4, 0.5) is 0 Å². The zero-order chi connectivity index (χ0) is 14.9. The molecule has 1 saturated carbocycles. The molecule has 1 fully saturated rings. The van der Waals surface area contributed by atoms with Gasteiger partial charge in [-0.3, -0.25) is 0 Å². The summed E-state index contributed by atoms with van der Waals surface area (Å²) in [7, 11) is 0. The number of aryl methyl sites for hydroxylation is 1. The fourth-order valence-corrected chi connectivity index (χ4v) is 5.31. The van der Waals surface area contributed by atoms with Crippen molar-refractivity contribution in [2.75, 3.05) is 0 Å². The van der Waals surface area contributed by atoms with Crippen LogP contribution in [0.2, 0.25) is 0 Å². The van der Waals surface area contributed by atoms with E-state index in [1.54, 1.807) is 0 Å². The molecule has 0 bridgehead atoms. The van der Waals surface area contributed by atoms with E-state index in [0.29, 0.717) is 5.92 Å². The van der Waals surface area contributed by atoms with Crippen LogP contribution in [-0.4, -0.2) is 0 Å². The van der Waals surface area contributed by atoms with Crippen LogP contribution in [0.5, 0.6) is 0 Å². The molecule has 0 heterocycles. The van der Waals surface area contributed by atoms with Crippen molar-refractivity contribution in [2.24, 2.45) is 11.3 Å². The molecule has 0 nitrogen and oxygen atoms in total. The van der Waals surface area contributed by atoms with E-state index in [-0.39, 0.29) is 10.8 Å². The molecular weight excluding hydrogens is 399 g/mol. The van der Waals surface area contributed by atoms with Crippen molar-refractivity contribution < 1.29 is 0 Å². The fourth-order valence-electron chi connectivity index (χ4n) is 3.64. The number of rotatable bonds is 4. The van der Waals surface area contributed by atoms with Gasteiger partial charge in [-0.05, 0) is 60.8 Å². The minimum Gasteiger partial charge on any atom is -0.117 e. The first kappa shape index (κ1) is 16.8. The van der Waals surface area contributed by atoms with Gasteiger partial charge in [0.1, 0.15) is 0 Å². The molecule has 0 radical (unpaired) electrons. The standard InChI is InChI=1S/C17H23Br2Cl/c1-11(2)10-17(6-4-5-7-17)16(20)13-9-14(18)12(3)8-15(13)19/h8-9,11,16H,4-7,10H2,1-3H3. The van der Waals surface area contributed by atoms with E-state index in [2.05, 4.69) is 64.8 Å². The van der Waals surface area contributed by atoms with Crippen LogP contribution in [0.3, 0.4) is 0 Å². The molecule has 2 rings (SSSR count). The van der Waals surface area contributed by atoms with Crippen molar-refractivity contribution in [2.45, 2.75) is 58.3 Å². The molecule has 1 aromatic rings. The van der Waals surface area contributed by atoms with E-state index in [1.165, 1.54) is 43.2 Å². The van der Waals surface area contributed by atoms with Gasteiger partial charge >= 0.3 is 0 Å². The smallest absolute Gasteiger partial charge is 0.0652 e. The summed E-state index contributed by atoms with van der Waals surface area (Å²) in [5.74, 6) is 0.696. The van der Waals surface area contributed by atoms with Gasteiger partial charge < -0.3 is 0 Å². The molecule has 0 aromatic heterocycles. The van der Waals surface area contributed by atoms with Gasteiger partial charge in [-0.1, -0.05) is 58.5 Å². The predicted molar refractivity (Wildman–Crippen MR) is 95.5 cm³/mol. The molecule has 1 aliphatic rings. The Balaban J connectivity index is 2.37. The SMILES string of the molecule is Cc1cc(Br)c(C(Cl)C2(CC(C)C)CCCC2)cc1Br. The lowest BCUT2D eigenvalue weighted by Crippen LogP contribution is -2.25. The van der Waals surface area contributed by atoms with Gasteiger partial charge in [0.2, 0.25) is 0 Å². The van der Waals surface area contributed by atoms with Crippen molar-refractivity contribution >= 4 is 43.5 Å². The minimum atomic E-state index is 0.0960.